The Kier molecular flexibility index (Phi) is 6.13. The third-order valence-corrected chi connectivity index (χ3v) is 3.77. The number of hydrogen-bond donors (Lipinski definition) is 2. The summed E-state index contributed by atoms with van der Waals surface area (Å²) < 4.78 is 18.6. The number of aromatic nitrogens is 2. The number of nitrogens with one attached hydrogen (secondary N) is 2. The van der Waals surface area contributed by atoms with Gasteiger partial charge in [0.25, 0.3) is 5.91 Å². The Morgan fingerprint density at radius 2 is 1.59 bits per heavy atom. The Morgan fingerprint density at radius 1 is 0.966 bits per heavy atom. The highest BCUT2D eigenvalue weighted by Gasteiger charge is 2.09. The summed E-state index contributed by atoms with van der Waals surface area (Å²) in [6.07, 6.45) is 0. The molecule has 0 bridgehead atoms. The number of carbonyl (C=O) groups excluding carboxylic acids is 2. The smallest absolute Gasteiger partial charge is 0.262 e. The van der Waals surface area contributed by atoms with Crippen LogP contribution in [0.3, 0.4) is 0 Å². The Balaban J connectivity index is 1.61. The predicted molar refractivity (Wildman–Crippen MR) is 107 cm³/mol. The van der Waals surface area contributed by atoms with Crippen LogP contribution in [0, 0.1) is 12.7 Å². The molecule has 8 heteroatoms. The van der Waals surface area contributed by atoms with Crippen LogP contribution < -0.4 is 15.4 Å². The van der Waals surface area contributed by atoms with Crippen LogP contribution in [0.5, 0.6) is 5.88 Å². The van der Waals surface area contributed by atoms with E-state index in [0.717, 1.165) is 0 Å². The topological polar surface area (TPSA) is 93.2 Å². The fourth-order valence-corrected chi connectivity index (χ4v) is 2.52. The summed E-state index contributed by atoms with van der Waals surface area (Å²) in [6.45, 7) is 2.95. The van der Waals surface area contributed by atoms with Gasteiger partial charge in [-0.25, -0.2) is 9.37 Å². The Bertz CT molecular complexity index is 1020. The largest absolute Gasteiger partial charge is 0.467 e. The summed E-state index contributed by atoms with van der Waals surface area (Å²) in [5.41, 5.74) is 2.50. The molecule has 1 aromatic heterocycles. The van der Waals surface area contributed by atoms with Crippen molar-refractivity contribution in [2.24, 2.45) is 0 Å². The van der Waals surface area contributed by atoms with Gasteiger partial charge in [0.15, 0.2) is 12.4 Å². The Morgan fingerprint density at radius 3 is 2.21 bits per heavy atom. The van der Waals surface area contributed by atoms with Crippen molar-refractivity contribution in [2.75, 3.05) is 17.2 Å². The van der Waals surface area contributed by atoms with Crippen LogP contribution in [0.1, 0.15) is 12.6 Å². The molecule has 0 aliphatic rings. The molecule has 148 valence electrons. The SMILES string of the molecule is CC(=O)Nc1ccc(NC(=O)COc2cc(C)nc(-c3ccc(F)cc3)n2)cc1. The predicted octanol–water partition coefficient (Wildman–Crippen LogP) is 3.57. The number of halogens is 1. The lowest BCUT2D eigenvalue weighted by Gasteiger charge is -2.09. The number of amides is 2. The molecular weight excluding hydrogens is 375 g/mol. The van der Waals surface area contributed by atoms with Crippen LogP contribution in [-0.2, 0) is 9.59 Å². The lowest BCUT2D eigenvalue weighted by atomic mass is 10.2. The van der Waals surface area contributed by atoms with Gasteiger partial charge in [-0.15, -0.1) is 0 Å². The van der Waals surface area contributed by atoms with Crippen molar-refractivity contribution < 1.29 is 18.7 Å². The summed E-state index contributed by atoms with van der Waals surface area (Å²) in [5.74, 6) is -0.256. The van der Waals surface area contributed by atoms with Gasteiger partial charge in [0.2, 0.25) is 11.8 Å². The monoisotopic (exact) mass is 394 g/mol. The van der Waals surface area contributed by atoms with Crippen molar-refractivity contribution in [1.29, 1.82) is 0 Å². The summed E-state index contributed by atoms with van der Waals surface area (Å²) in [7, 11) is 0. The van der Waals surface area contributed by atoms with Gasteiger partial charge in [-0.1, -0.05) is 0 Å². The standard InChI is InChI=1S/C21H19FN4O3/c1-13-11-20(26-21(23-13)15-3-5-16(22)6-4-15)29-12-19(28)25-18-9-7-17(8-10-18)24-14(2)27/h3-11H,12H2,1-2H3,(H,24,27)(H,25,28). The van der Waals surface area contributed by atoms with Crippen molar-refractivity contribution in [3.8, 4) is 17.3 Å². The Labute approximate surface area is 167 Å². The van der Waals surface area contributed by atoms with E-state index < -0.39 is 0 Å². The second-order valence-electron chi connectivity index (χ2n) is 6.27. The first kappa shape index (κ1) is 19.9. The number of anilines is 2. The van der Waals surface area contributed by atoms with Crippen molar-refractivity contribution >= 4 is 23.2 Å². The number of nitrogens with zero attached hydrogens (tertiary/aromatic N) is 2. The van der Waals surface area contributed by atoms with E-state index in [9.17, 15) is 14.0 Å². The molecule has 1 heterocycles. The van der Waals surface area contributed by atoms with Crippen molar-refractivity contribution in [3.63, 3.8) is 0 Å². The van der Waals surface area contributed by atoms with E-state index in [-0.39, 0.29) is 30.1 Å². The van der Waals surface area contributed by atoms with Crippen LogP contribution in [0.25, 0.3) is 11.4 Å². The molecular formula is C21H19FN4O3. The highest BCUT2D eigenvalue weighted by Crippen LogP contribution is 2.19. The lowest BCUT2D eigenvalue weighted by molar-refractivity contribution is -0.118. The van der Waals surface area contributed by atoms with Gasteiger partial charge in [0.1, 0.15) is 5.82 Å². The summed E-state index contributed by atoms with van der Waals surface area (Å²) in [4.78, 5) is 31.7. The van der Waals surface area contributed by atoms with Gasteiger partial charge in [0, 0.05) is 35.6 Å². The molecule has 2 aromatic carbocycles. The van der Waals surface area contributed by atoms with Crippen LogP contribution >= 0.6 is 0 Å². The van der Waals surface area contributed by atoms with E-state index in [1.54, 1.807) is 49.4 Å². The maximum atomic E-state index is 13.1. The average Bonchev–Trinajstić information content (AvgIpc) is 2.68. The second-order valence-corrected chi connectivity index (χ2v) is 6.27. The van der Waals surface area contributed by atoms with Gasteiger partial charge < -0.3 is 15.4 Å². The first-order valence-corrected chi connectivity index (χ1v) is 8.81. The first-order chi connectivity index (χ1) is 13.9. The highest BCUT2D eigenvalue weighted by molar-refractivity contribution is 5.93. The maximum absolute atomic E-state index is 13.1. The van der Waals surface area contributed by atoms with Crippen LogP contribution in [-0.4, -0.2) is 28.4 Å². The van der Waals surface area contributed by atoms with E-state index >= 15 is 0 Å². The number of carbonyl (C=O) groups is 2. The van der Waals surface area contributed by atoms with E-state index in [4.69, 9.17) is 4.74 Å². The third-order valence-electron chi connectivity index (χ3n) is 3.77. The molecule has 0 aliphatic carbocycles. The van der Waals surface area contributed by atoms with E-state index in [1.165, 1.54) is 19.1 Å². The van der Waals surface area contributed by atoms with Gasteiger partial charge in [-0.3, -0.25) is 9.59 Å². The van der Waals surface area contributed by atoms with Crippen molar-refractivity contribution in [2.45, 2.75) is 13.8 Å². The molecule has 0 atom stereocenters. The normalized spacial score (nSPS) is 10.3. The fourth-order valence-electron chi connectivity index (χ4n) is 2.52. The van der Waals surface area contributed by atoms with E-state index in [2.05, 4.69) is 20.6 Å². The van der Waals surface area contributed by atoms with Crippen molar-refractivity contribution in [1.82, 2.24) is 9.97 Å². The molecule has 0 saturated heterocycles. The average molecular weight is 394 g/mol. The number of hydrogen-bond acceptors (Lipinski definition) is 5. The third kappa shape index (κ3) is 5.83. The minimum atomic E-state index is -0.364. The molecule has 0 aliphatic heterocycles. The van der Waals surface area contributed by atoms with E-state index in [0.29, 0.717) is 28.5 Å². The van der Waals surface area contributed by atoms with Gasteiger partial charge >= 0.3 is 0 Å². The van der Waals surface area contributed by atoms with Crippen LogP contribution in [0.2, 0.25) is 0 Å². The summed E-state index contributed by atoms with van der Waals surface area (Å²) in [5, 5.41) is 5.35. The first-order valence-electron chi connectivity index (χ1n) is 8.81. The van der Waals surface area contributed by atoms with E-state index in [1.807, 2.05) is 0 Å². The molecule has 0 fully saturated rings. The minimum Gasteiger partial charge on any atom is -0.467 e. The molecule has 0 unspecified atom stereocenters. The molecule has 0 saturated carbocycles. The second kappa shape index (κ2) is 8.92. The zero-order valence-electron chi connectivity index (χ0n) is 15.9. The molecule has 2 N–H and O–H groups in total. The highest BCUT2D eigenvalue weighted by atomic mass is 19.1. The molecule has 3 aromatic rings. The molecule has 2 amide bonds. The van der Waals surface area contributed by atoms with Crippen molar-refractivity contribution in [3.05, 3.63) is 66.1 Å². The van der Waals surface area contributed by atoms with Gasteiger partial charge in [-0.05, 0) is 55.5 Å². The number of aryl methyl sites for hydroxylation is 1. The maximum Gasteiger partial charge on any atom is 0.262 e. The molecule has 7 nitrogen and oxygen atoms in total. The summed E-state index contributed by atoms with van der Waals surface area (Å²) >= 11 is 0. The number of ether oxygens (including phenoxy) is 1. The van der Waals surface area contributed by atoms with Crippen LogP contribution in [0.4, 0.5) is 15.8 Å². The van der Waals surface area contributed by atoms with Crippen LogP contribution in [0.15, 0.2) is 54.6 Å². The quantitative estimate of drug-likeness (QED) is 0.667. The fraction of sp³-hybridized carbons (Fsp3) is 0.143. The van der Waals surface area contributed by atoms with Gasteiger partial charge in [-0.2, -0.15) is 4.98 Å². The lowest BCUT2D eigenvalue weighted by Crippen LogP contribution is -2.20. The van der Waals surface area contributed by atoms with Gasteiger partial charge in [0.05, 0.1) is 0 Å². The Hall–Kier alpha value is -3.81. The molecule has 29 heavy (non-hydrogen) atoms. The number of benzene rings is 2. The zero-order valence-corrected chi connectivity index (χ0v) is 15.9. The summed E-state index contributed by atoms with van der Waals surface area (Å²) in [6, 6.07) is 14.1. The zero-order chi connectivity index (χ0) is 20.8. The molecule has 0 radical (unpaired) electrons. The number of rotatable bonds is 6. The minimum absolute atomic E-state index is 0.171. The molecule has 3 rings (SSSR count). The molecule has 0 spiro atoms.